The maximum absolute atomic E-state index is 11.8. The van der Waals surface area contributed by atoms with Crippen LogP contribution in [-0.4, -0.2) is 37.0 Å². The van der Waals surface area contributed by atoms with Crippen LogP contribution in [0.5, 0.6) is 0 Å². The van der Waals surface area contributed by atoms with E-state index in [1.54, 1.807) is 0 Å². The monoisotopic (exact) mass is 294 g/mol. The Kier molecular flexibility index (Phi) is 6.34. The average molecular weight is 295 g/mol. The lowest BCUT2D eigenvalue weighted by molar-refractivity contribution is -0.120. The number of amides is 1. The van der Waals surface area contributed by atoms with Crippen molar-refractivity contribution in [3.63, 3.8) is 0 Å². The van der Waals surface area contributed by atoms with Gasteiger partial charge in [-0.1, -0.05) is 30.2 Å². The van der Waals surface area contributed by atoms with E-state index < -0.39 is 0 Å². The van der Waals surface area contributed by atoms with E-state index in [0.717, 1.165) is 25.1 Å². The molecular weight excluding hydrogens is 272 g/mol. The number of piperidine rings is 1. The molecule has 1 aromatic carbocycles. The smallest absolute Gasteiger partial charge is 0.224 e. The zero-order valence-corrected chi connectivity index (χ0v) is 12.7. The summed E-state index contributed by atoms with van der Waals surface area (Å²) in [6.45, 7) is 4.29. The number of nitrogens with zero attached hydrogens (tertiary/aromatic N) is 1. The lowest BCUT2D eigenvalue weighted by Gasteiger charge is -2.26. The molecule has 110 valence electrons. The number of likely N-dealkylation sites (tertiary alicyclic amines) is 1. The van der Waals surface area contributed by atoms with Gasteiger partial charge in [0, 0.05) is 11.6 Å². The van der Waals surface area contributed by atoms with E-state index in [4.69, 9.17) is 11.6 Å². The number of hydrogen-bond acceptors (Lipinski definition) is 2. The molecule has 4 heteroatoms. The fourth-order valence-corrected chi connectivity index (χ4v) is 2.82. The van der Waals surface area contributed by atoms with Gasteiger partial charge in [-0.3, -0.25) is 4.79 Å². The number of benzene rings is 1. The van der Waals surface area contributed by atoms with Crippen LogP contribution in [0.1, 0.15) is 31.2 Å². The van der Waals surface area contributed by atoms with Gasteiger partial charge in [-0.2, -0.15) is 0 Å². The van der Waals surface area contributed by atoms with Gasteiger partial charge < -0.3 is 10.2 Å². The number of halogens is 1. The van der Waals surface area contributed by atoms with E-state index in [-0.39, 0.29) is 5.91 Å². The van der Waals surface area contributed by atoms with Crippen LogP contribution < -0.4 is 5.32 Å². The highest BCUT2D eigenvalue weighted by atomic mass is 35.5. The van der Waals surface area contributed by atoms with E-state index in [1.807, 2.05) is 24.3 Å². The van der Waals surface area contributed by atoms with Crippen LogP contribution in [0.3, 0.4) is 0 Å². The summed E-state index contributed by atoms with van der Waals surface area (Å²) >= 11 is 5.90. The summed E-state index contributed by atoms with van der Waals surface area (Å²) < 4.78 is 0. The second-order valence-electron chi connectivity index (χ2n) is 5.41. The summed E-state index contributed by atoms with van der Waals surface area (Å²) in [7, 11) is 0. The van der Waals surface area contributed by atoms with E-state index in [1.165, 1.54) is 32.4 Å². The summed E-state index contributed by atoms with van der Waals surface area (Å²) in [5, 5.41) is 3.66. The summed E-state index contributed by atoms with van der Waals surface area (Å²) in [6, 6.07) is 7.47. The van der Waals surface area contributed by atoms with Crippen molar-refractivity contribution in [2.75, 3.05) is 26.2 Å². The molecule has 0 saturated carbocycles. The van der Waals surface area contributed by atoms with Gasteiger partial charge in [-0.25, -0.2) is 0 Å². The van der Waals surface area contributed by atoms with Gasteiger partial charge in [0.15, 0.2) is 0 Å². The number of nitrogens with one attached hydrogen (secondary N) is 1. The zero-order valence-electron chi connectivity index (χ0n) is 11.9. The highest BCUT2D eigenvalue weighted by Gasteiger charge is 2.09. The van der Waals surface area contributed by atoms with Crippen molar-refractivity contribution >= 4 is 17.5 Å². The lowest BCUT2D eigenvalue weighted by atomic mass is 10.1. The molecule has 1 fully saturated rings. The fraction of sp³-hybridized carbons (Fsp3) is 0.562. The molecule has 0 aromatic heterocycles. The number of rotatable bonds is 6. The van der Waals surface area contributed by atoms with Crippen molar-refractivity contribution in [3.05, 3.63) is 34.9 Å². The maximum atomic E-state index is 11.8. The van der Waals surface area contributed by atoms with Gasteiger partial charge >= 0.3 is 0 Å². The second kappa shape index (κ2) is 8.28. The SMILES string of the molecule is O=C(Cc1cccc(Cl)c1)NCCCN1CCCCC1. The second-order valence-corrected chi connectivity index (χ2v) is 5.85. The van der Waals surface area contributed by atoms with Crippen LogP contribution in [0.2, 0.25) is 5.02 Å². The summed E-state index contributed by atoms with van der Waals surface area (Å²) in [6.07, 6.45) is 5.45. The Morgan fingerprint density at radius 2 is 2.05 bits per heavy atom. The Morgan fingerprint density at radius 3 is 2.80 bits per heavy atom. The average Bonchev–Trinajstić information content (AvgIpc) is 2.45. The Balaban J connectivity index is 1.60. The fourth-order valence-electron chi connectivity index (χ4n) is 2.61. The lowest BCUT2D eigenvalue weighted by Crippen LogP contribution is -2.33. The third kappa shape index (κ3) is 5.51. The molecule has 0 atom stereocenters. The van der Waals surface area contributed by atoms with Crippen LogP contribution in [0.25, 0.3) is 0 Å². The predicted molar refractivity (Wildman–Crippen MR) is 83.1 cm³/mol. The molecule has 1 amide bonds. The predicted octanol–water partition coefficient (Wildman–Crippen LogP) is 2.87. The van der Waals surface area contributed by atoms with Crippen LogP contribution >= 0.6 is 11.6 Å². The van der Waals surface area contributed by atoms with Gasteiger partial charge in [-0.05, 0) is 56.6 Å². The van der Waals surface area contributed by atoms with Gasteiger partial charge in [0.05, 0.1) is 6.42 Å². The molecule has 0 radical (unpaired) electrons. The van der Waals surface area contributed by atoms with Crippen molar-refractivity contribution in [3.8, 4) is 0 Å². The normalized spacial score (nSPS) is 16.1. The topological polar surface area (TPSA) is 32.3 Å². The first kappa shape index (κ1) is 15.3. The molecule has 0 bridgehead atoms. The molecule has 1 aromatic rings. The van der Waals surface area contributed by atoms with E-state index in [9.17, 15) is 4.79 Å². The highest BCUT2D eigenvalue weighted by Crippen LogP contribution is 2.11. The summed E-state index contributed by atoms with van der Waals surface area (Å²) in [5.41, 5.74) is 0.964. The van der Waals surface area contributed by atoms with Gasteiger partial charge in [0.25, 0.3) is 0 Å². The first-order valence-corrected chi connectivity index (χ1v) is 7.85. The Labute approximate surface area is 126 Å². The molecule has 1 aliphatic heterocycles. The molecule has 1 saturated heterocycles. The standard InChI is InChI=1S/C16H23ClN2O/c17-15-7-4-6-14(12-15)13-16(20)18-8-5-11-19-9-2-1-3-10-19/h4,6-7,12H,1-3,5,8-11,13H2,(H,18,20). The van der Waals surface area contributed by atoms with Crippen molar-refractivity contribution in [1.82, 2.24) is 10.2 Å². The molecule has 2 rings (SSSR count). The molecule has 3 nitrogen and oxygen atoms in total. The Bertz CT molecular complexity index is 430. The van der Waals surface area contributed by atoms with Crippen LogP contribution in [0, 0.1) is 0 Å². The molecule has 20 heavy (non-hydrogen) atoms. The molecule has 1 aliphatic rings. The molecule has 1 heterocycles. The quantitative estimate of drug-likeness (QED) is 0.818. The summed E-state index contributed by atoms with van der Waals surface area (Å²) in [5.74, 6) is 0.0749. The Hall–Kier alpha value is -1.06. The third-order valence-corrected chi connectivity index (χ3v) is 3.91. The molecule has 1 N–H and O–H groups in total. The van der Waals surface area contributed by atoms with E-state index in [0.29, 0.717) is 11.4 Å². The molecule has 0 aliphatic carbocycles. The van der Waals surface area contributed by atoms with Crippen LogP contribution in [-0.2, 0) is 11.2 Å². The largest absolute Gasteiger partial charge is 0.356 e. The molecular formula is C16H23ClN2O. The summed E-state index contributed by atoms with van der Waals surface area (Å²) in [4.78, 5) is 14.3. The van der Waals surface area contributed by atoms with Crippen molar-refractivity contribution in [1.29, 1.82) is 0 Å². The van der Waals surface area contributed by atoms with Crippen LogP contribution in [0.4, 0.5) is 0 Å². The van der Waals surface area contributed by atoms with Crippen molar-refractivity contribution in [2.45, 2.75) is 32.1 Å². The zero-order chi connectivity index (χ0) is 14.2. The minimum absolute atomic E-state index is 0.0749. The minimum atomic E-state index is 0.0749. The first-order valence-electron chi connectivity index (χ1n) is 7.47. The molecule has 0 spiro atoms. The Morgan fingerprint density at radius 1 is 1.25 bits per heavy atom. The number of hydrogen-bond donors (Lipinski definition) is 1. The van der Waals surface area contributed by atoms with Crippen molar-refractivity contribution in [2.24, 2.45) is 0 Å². The van der Waals surface area contributed by atoms with Gasteiger partial charge in [0.2, 0.25) is 5.91 Å². The van der Waals surface area contributed by atoms with Crippen LogP contribution in [0.15, 0.2) is 24.3 Å². The number of carbonyl (C=O) groups excluding carboxylic acids is 1. The highest BCUT2D eigenvalue weighted by molar-refractivity contribution is 6.30. The minimum Gasteiger partial charge on any atom is -0.356 e. The first-order chi connectivity index (χ1) is 9.74. The van der Waals surface area contributed by atoms with Gasteiger partial charge in [0.1, 0.15) is 0 Å². The molecule has 0 unspecified atom stereocenters. The van der Waals surface area contributed by atoms with Crippen molar-refractivity contribution < 1.29 is 4.79 Å². The van der Waals surface area contributed by atoms with E-state index in [2.05, 4.69) is 10.2 Å². The third-order valence-electron chi connectivity index (χ3n) is 3.68. The number of carbonyl (C=O) groups is 1. The maximum Gasteiger partial charge on any atom is 0.224 e. The van der Waals surface area contributed by atoms with Gasteiger partial charge in [-0.15, -0.1) is 0 Å². The van der Waals surface area contributed by atoms with E-state index >= 15 is 0 Å².